The van der Waals surface area contributed by atoms with Crippen molar-refractivity contribution in [2.45, 2.75) is 0 Å². The molecule has 3 heterocycles. The van der Waals surface area contributed by atoms with Crippen LogP contribution in [0.2, 0.25) is 0 Å². The van der Waals surface area contributed by atoms with Crippen molar-refractivity contribution >= 4 is 70.5 Å². The molecule has 3 aromatic heterocycles. The topological polar surface area (TPSA) is 55.1 Å². The molecule has 11 rings (SSSR count). The van der Waals surface area contributed by atoms with E-state index in [9.17, 15) is 0 Å². The van der Waals surface area contributed by atoms with Gasteiger partial charge in [0.2, 0.25) is 0 Å². The smallest absolute Gasteiger partial charge is 0.164 e. The fourth-order valence-corrected chi connectivity index (χ4v) is 8.92. The molecule has 0 radical (unpaired) electrons. The number of anilines is 3. The Morgan fingerprint density at radius 3 is 1.61 bits per heavy atom. The van der Waals surface area contributed by atoms with Crippen LogP contribution in [0.1, 0.15) is 0 Å². The van der Waals surface area contributed by atoms with Crippen LogP contribution in [0.5, 0.6) is 0 Å². The molecule has 0 aliphatic heterocycles. The monoisotopic (exact) mass is 748 g/mol. The highest BCUT2D eigenvalue weighted by Crippen LogP contribution is 2.45. The molecule has 8 aromatic carbocycles. The van der Waals surface area contributed by atoms with E-state index < -0.39 is 0 Å². The zero-order valence-electron chi connectivity index (χ0n) is 30.6. The fourth-order valence-electron chi connectivity index (χ4n) is 7.80. The number of benzene rings is 8. The van der Waals surface area contributed by atoms with Crippen molar-refractivity contribution in [2.75, 3.05) is 4.90 Å². The normalized spacial score (nSPS) is 11.5. The van der Waals surface area contributed by atoms with E-state index in [1.165, 1.54) is 20.5 Å². The zero-order chi connectivity index (χ0) is 37.7. The molecule has 0 saturated heterocycles. The van der Waals surface area contributed by atoms with Crippen molar-refractivity contribution in [3.8, 4) is 45.3 Å². The second-order valence-electron chi connectivity index (χ2n) is 14.0. The van der Waals surface area contributed by atoms with E-state index in [-0.39, 0.29) is 0 Å². The molecule has 6 heteroatoms. The van der Waals surface area contributed by atoms with Crippen LogP contribution in [-0.4, -0.2) is 15.0 Å². The van der Waals surface area contributed by atoms with Gasteiger partial charge in [-0.2, -0.15) is 0 Å². The lowest BCUT2D eigenvalue weighted by Crippen LogP contribution is -2.09. The molecule has 0 aliphatic carbocycles. The number of hydrogen-bond acceptors (Lipinski definition) is 6. The van der Waals surface area contributed by atoms with Crippen molar-refractivity contribution in [3.05, 3.63) is 194 Å². The van der Waals surface area contributed by atoms with Crippen LogP contribution >= 0.6 is 11.3 Å². The molecule has 57 heavy (non-hydrogen) atoms. The molecule has 0 unspecified atom stereocenters. The van der Waals surface area contributed by atoms with E-state index in [1.54, 1.807) is 11.3 Å². The maximum Gasteiger partial charge on any atom is 0.164 e. The minimum Gasteiger partial charge on any atom is -0.456 e. The number of nitrogens with zero attached hydrogens (tertiary/aromatic N) is 4. The highest BCUT2D eigenvalue weighted by atomic mass is 32.1. The van der Waals surface area contributed by atoms with Crippen molar-refractivity contribution in [3.63, 3.8) is 0 Å². The predicted octanol–water partition coefficient (Wildman–Crippen LogP) is 14.3. The molecule has 268 valence electrons. The average molecular weight is 749 g/mol. The molecule has 0 N–H and O–H groups in total. The Bertz CT molecular complexity index is 3170. The molecule has 11 aromatic rings. The lowest BCUT2D eigenvalue weighted by molar-refractivity contribution is 0.669. The summed E-state index contributed by atoms with van der Waals surface area (Å²) in [6.07, 6.45) is 0. The van der Waals surface area contributed by atoms with Crippen molar-refractivity contribution in [1.29, 1.82) is 0 Å². The number of furan rings is 1. The van der Waals surface area contributed by atoms with E-state index in [0.717, 1.165) is 66.5 Å². The summed E-state index contributed by atoms with van der Waals surface area (Å²) in [7, 11) is 0. The predicted molar refractivity (Wildman–Crippen MR) is 236 cm³/mol. The van der Waals surface area contributed by atoms with E-state index in [4.69, 9.17) is 19.4 Å². The van der Waals surface area contributed by atoms with Gasteiger partial charge in [-0.3, -0.25) is 0 Å². The average Bonchev–Trinajstić information content (AvgIpc) is 3.85. The second kappa shape index (κ2) is 13.7. The van der Waals surface area contributed by atoms with Gasteiger partial charge in [-0.15, -0.1) is 11.3 Å². The summed E-state index contributed by atoms with van der Waals surface area (Å²) >= 11 is 1.79. The maximum atomic E-state index is 6.25. The molecule has 0 spiro atoms. The van der Waals surface area contributed by atoms with Crippen molar-refractivity contribution < 1.29 is 4.42 Å². The van der Waals surface area contributed by atoms with Gasteiger partial charge >= 0.3 is 0 Å². The Morgan fingerprint density at radius 1 is 0.368 bits per heavy atom. The SMILES string of the molecule is c1ccc(-c2ccc(N(c3ccc4oc5ccccc5c4c3)c3ccc4sc5cccc(-c6nc(-c7ccccc7)nc(-c7ccccc7)n6)c5c4c3)cc2)cc1. The molecule has 5 nitrogen and oxygen atoms in total. The van der Waals surface area contributed by atoms with Crippen LogP contribution in [0.3, 0.4) is 0 Å². The zero-order valence-corrected chi connectivity index (χ0v) is 31.4. The standard InChI is InChI=1S/C51H32N4OS/c1-4-13-33(14-5-1)34-23-25-37(26-24-34)55(38-27-29-45-42(31-38)40-19-10-11-21-44(40)56-45)39-28-30-46-43(32-39)48-41(20-12-22-47(48)57-46)51-53-49(35-15-6-2-7-16-35)52-50(54-51)36-17-8-3-9-18-36/h1-32H. The van der Waals surface area contributed by atoms with Crippen molar-refractivity contribution in [2.24, 2.45) is 0 Å². The van der Waals surface area contributed by atoms with Gasteiger partial charge in [0.1, 0.15) is 11.2 Å². The molecule has 0 fully saturated rings. The summed E-state index contributed by atoms with van der Waals surface area (Å²) in [5.74, 6) is 1.93. The summed E-state index contributed by atoms with van der Waals surface area (Å²) in [5.41, 5.74) is 10.1. The van der Waals surface area contributed by atoms with Crippen molar-refractivity contribution in [1.82, 2.24) is 15.0 Å². The highest BCUT2D eigenvalue weighted by molar-refractivity contribution is 7.26. The van der Waals surface area contributed by atoms with E-state index in [0.29, 0.717) is 17.5 Å². The van der Waals surface area contributed by atoms with Crippen LogP contribution in [0, 0.1) is 0 Å². The number of hydrogen-bond donors (Lipinski definition) is 0. The Kier molecular flexibility index (Phi) is 7.93. The molecular weight excluding hydrogens is 717 g/mol. The van der Waals surface area contributed by atoms with Gasteiger partial charge in [0.05, 0.1) is 0 Å². The van der Waals surface area contributed by atoms with Crippen LogP contribution in [0.25, 0.3) is 87.4 Å². The van der Waals surface area contributed by atoms with Gasteiger partial charge in [0.15, 0.2) is 17.5 Å². The van der Waals surface area contributed by atoms with E-state index in [1.807, 2.05) is 72.8 Å². The minimum absolute atomic E-state index is 0.643. The van der Waals surface area contributed by atoms with Gasteiger partial charge in [-0.25, -0.2) is 15.0 Å². The third kappa shape index (κ3) is 5.91. The first-order chi connectivity index (χ1) is 28.2. The largest absolute Gasteiger partial charge is 0.456 e. The number of para-hydroxylation sites is 1. The Morgan fingerprint density at radius 2 is 0.912 bits per heavy atom. The van der Waals surface area contributed by atoms with Gasteiger partial charge in [0, 0.05) is 64.7 Å². The number of aromatic nitrogens is 3. The quantitative estimate of drug-likeness (QED) is 0.162. The third-order valence-electron chi connectivity index (χ3n) is 10.5. The molecule has 0 atom stereocenters. The van der Waals surface area contributed by atoms with Gasteiger partial charge < -0.3 is 9.32 Å². The lowest BCUT2D eigenvalue weighted by Gasteiger charge is -2.26. The lowest BCUT2D eigenvalue weighted by atomic mass is 10.0. The van der Waals surface area contributed by atoms with E-state index >= 15 is 0 Å². The fraction of sp³-hybridized carbons (Fsp3) is 0. The maximum absolute atomic E-state index is 6.25. The first kappa shape index (κ1) is 33.0. The van der Waals surface area contributed by atoms with Crippen LogP contribution in [0.4, 0.5) is 17.1 Å². The molecule has 0 saturated carbocycles. The van der Waals surface area contributed by atoms with Gasteiger partial charge in [-0.1, -0.05) is 133 Å². The Labute approximate surface area is 332 Å². The summed E-state index contributed by atoms with van der Waals surface area (Å²) < 4.78 is 8.62. The first-order valence-electron chi connectivity index (χ1n) is 18.9. The molecule has 0 bridgehead atoms. The Balaban J connectivity index is 1.11. The number of rotatable bonds is 7. The minimum atomic E-state index is 0.643. The van der Waals surface area contributed by atoms with Gasteiger partial charge in [-0.05, 0) is 71.8 Å². The molecule has 0 aliphatic rings. The van der Waals surface area contributed by atoms with Crippen LogP contribution in [-0.2, 0) is 0 Å². The van der Waals surface area contributed by atoms with Gasteiger partial charge in [0.25, 0.3) is 0 Å². The molecular formula is C51H32N4OS. The summed E-state index contributed by atoms with van der Waals surface area (Å²) in [6.45, 7) is 0. The summed E-state index contributed by atoms with van der Waals surface area (Å²) in [6, 6.07) is 67.6. The summed E-state index contributed by atoms with van der Waals surface area (Å²) in [4.78, 5) is 17.6. The third-order valence-corrected chi connectivity index (χ3v) is 11.7. The van der Waals surface area contributed by atoms with Crippen LogP contribution < -0.4 is 4.90 Å². The number of fused-ring (bicyclic) bond motifs is 6. The first-order valence-corrected chi connectivity index (χ1v) is 19.7. The Hall–Kier alpha value is -7.41. The summed E-state index contributed by atoms with van der Waals surface area (Å²) in [5, 5.41) is 4.45. The second-order valence-corrected chi connectivity index (χ2v) is 15.1. The molecule has 0 amide bonds. The van der Waals surface area contributed by atoms with E-state index in [2.05, 4.69) is 126 Å². The highest BCUT2D eigenvalue weighted by Gasteiger charge is 2.20. The van der Waals surface area contributed by atoms with Crippen LogP contribution in [0.15, 0.2) is 199 Å². The number of thiophene rings is 1.